The molecule has 1 aromatic rings. The monoisotopic (exact) mass is 319 g/mol. The molecule has 1 fully saturated rings. The van der Waals surface area contributed by atoms with Crippen LogP contribution in [0.3, 0.4) is 0 Å². The minimum absolute atomic E-state index is 0.0461. The molecule has 0 bridgehead atoms. The molecule has 0 amide bonds. The van der Waals surface area contributed by atoms with Gasteiger partial charge < -0.3 is 20.1 Å². The van der Waals surface area contributed by atoms with Crippen LogP contribution in [0.4, 0.5) is 0 Å². The van der Waals surface area contributed by atoms with Crippen molar-refractivity contribution in [1.29, 1.82) is 0 Å². The van der Waals surface area contributed by atoms with Gasteiger partial charge in [-0.25, -0.2) is 4.99 Å². The third kappa shape index (κ3) is 3.23. The number of aliphatic imine (C=N–C) groups is 1. The quantitative estimate of drug-likeness (QED) is 0.662. The lowest BCUT2D eigenvalue weighted by Gasteiger charge is -2.62. The van der Waals surface area contributed by atoms with Gasteiger partial charge >= 0.3 is 0 Å². The van der Waals surface area contributed by atoms with Crippen molar-refractivity contribution in [2.45, 2.75) is 46.7 Å². The average Bonchev–Trinajstić information content (AvgIpc) is 2.50. The molecule has 0 radical (unpaired) electrons. The Hall–Kier alpha value is -1.91. The van der Waals surface area contributed by atoms with Gasteiger partial charge in [-0.3, -0.25) is 0 Å². The molecule has 0 unspecified atom stereocenters. The molecule has 0 spiro atoms. The number of hydrogen-bond donors (Lipinski definition) is 2. The lowest BCUT2D eigenvalue weighted by atomic mass is 9.65. The molecule has 2 N–H and O–H groups in total. The normalized spacial score (nSPS) is 19.2. The largest absolute Gasteiger partial charge is 0.508 e. The van der Waals surface area contributed by atoms with Gasteiger partial charge in [0, 0.05) is 29.6 Å². The molecule has 5 nitrogen and oxygen atoms in total. The summed E-state index contributed by atoms with van der Waals surface area (Å²) in [5.74, 6) is 1.86. The maximum atomic E-state index is 10.0. The van der Waals surface area contributed by atoms with Gasteiger partial charge in [0.05, 0.1) is 13.7 Å². The van der Waals surface area contributed by atoms with Crippen LogP contribution in [0.15, 0.2) is 23.2 Å². The van der Waals surface area contributed by atoms with E-state index in [0.29, 0.717) is 6.54 Å². The summed E-state index contributed by atoms with van der Waals surface area (Å²) in [6, 6.07) is 5.22. The summed E-state index contributed by atoms with van der Waals surface area (Å²) in [5.41, 5.74) is 1.06. The van der Waals surface area contributed by atoms with Crippen LogP contribution in [0, 0.1) is 5.41 Å². The SMILES string of the molecule is CCNC(=NCc1cc(OC)ccc1O)N1CC(C)(C)C1(C)C. The van der Waals surface area contributed by atoms with Crippen LogP contribution in [0.2, 0.25) is 0 Å². The number of nitrogens with zero attached hydrogens (tertiary/aromatic N) is 2. The predicted octanol–water partition coefficient (Wildman–Crippen LogP) is 2.99. The number of hydrogen-bond acceptors (Lipinski definition) is 3. The van der Waals surface area contributed by atoms with Gasteiger partial charge in [0.25, 0.3) is 0 Å². The topological polar surface area (TPSA) is 57.1 Å². The number of phenols is 1. The first-order valence-electron chi connectivity index (χ1n) is 8.15. The minimum Gasteiger partial charge on any atom is -0.508 e. The number of likely N-dealkylation sites (tertiary alicyclic amines) is 1. The van der Waals surface area contributed by atoms with E-state index in [1.807, 2.05) is 6.07 Å². The van der Waals surface area contributed by atoms with Crippen LogP contribution < -0.4 is 10.1 Å². The lowest BCUT2D eigenvalue weighted by molar-refractivity contribution is -0.0667. The molecule has 0 atom stereocenters. The fourth-order valence-electron chi connectivity index (χ4n) is 2.77. The molecule has 5 heteroatoms. The summed E-state index contributed by atoms with van der Waals surface area (Å²) < 4.78 is 5.22. The Balaban J connectivity index is 2.21. The Morgan fingerprint density at radius 3 is 2.57 bits per heavy atom. The van der Waals surface area contributed by atoms with Crippen molar-refractivity contribution in [3.8, 4) is 11.5 Å². The second-order valence-electron chi connectivity index (χ2n) is 7.19. The van der Waals surface area contributed by atoms with Gasteiger partial charge in [-0.2, -0.15) is 0 Å². The zero-order valence-corrected chi connectivity index (χ0v) is 15.1. The summed E-state index contributed by atoms with van der Waals surface area (Å²) >= 11 is 0. The summed E-state index contributed by atoms with van der Waals surface area (Å²) in [4.78, 5) is 7.02. The Kier molecular flexibility index (Phi) is 4.78. The van der Waals surface area contributed by atoms with Crippen LogP contribution in [-0.2, 0) is 6.54 Å². The number of aromatic hydroxyl groups is 1. The van der Waals surface area contributed by atoms with Crippen molar-refractivity contribution in [3.05, 3.63) is 23.8 Å². The van der Waals surface area contributed by atoms with E-state index in [4.69, 9.17) is 9.73 Å². The number of methoxy groups -OCH3 is 1. The maximum Gasteiger partial charge on any atom is 0.194 e. The molecule has 1 aromatic carbocycles. The van der Waals surface area contributed by atoms with Crippen molar-refractivity contribution in [2.75, 3.05) is 20.2 Å². The molecule has 1 aliphatic rings. The Bertz CT molecular complexity index is 594. The summed E-state index contributed by atoms with van der Waals surface area (Å²) in [7, 11) is 1.62. The molecule has 2 rings (SSSR count). The van der Waals surface area contributed by atoms with Crippen molar-refractivity contribution in [2.24, 2.45) is 10.4 Å². The number of rotatable bonds is 4. The number of benzene rings is 1. The van der Waals surface area contributed by atoms with Crippen LogP contribution in [-0.4, -0.2) is 41.7 Å². The Labute approximate surface area is 139 Å². The average molecular weight is 319 g/mol. The highest BCUT2D eigenvalue weighted by Gasteiger charge is 2.53. The molecular formula is C18H29N3O2. The fraction of sp³-hybridized carbons (Fsp3) is 0.611. The van der Waals surface area contributed by atoms with E-state index < -0.39 is 0 Å². The van der Waals surface area contributed by atoms with E-state index >= 15 is 0 Å². The standard InChI is InChI=1S/C18H29N3O2/c1-7-19-16(21-12-17(2,3)18(21,4)5)20-11-13-10-14(23-6)8-9-15(13)22/h8-10,22H,7,11-12H2,1-6H3,(H,19,20). The van der Waals surface area contributed by atoms with E-state index in [9.17, 15) is 5.11 Å². The van der Waals surface area contributed by atoms with Gasteiger partial charge in [0.15, 0.2) is 5.96 Å². The summed E-state index contributed by atoms with van der Waals surface area (Å²) in [5, 5.41) is 13.4. The maximum absolute atomic E-state index is 10.0. The Morgan fingerprint density at radius 2 is 2.04 bits per heavy atom. The van der Waals surface area contributed by atoms with Gasteiger partial charge in [0.1, 0.15) is 11.5 Å². The zero-order valence-electron chi connectivity index (χ0n) is 15.1. The first-order valence-corrected chi connectivity index (χ1v) is 8.15. The highest BCUT2D eigenvalue weighted by Crippen LogP contribution is 2.46. The molecule has 128 valence electrons. The predicted molar refractivity (Wildman–Crippen MR) is 94.0 cm³/mol. The second kappa shape index (κ2) is 6.30. The van der Waals surface area contributed by atoms with Crippen LogP contribution >= 0.6 is 0 Å². The highest BCUT2D eigenvalue weighted by molar-refractivity contribution is 5.82. The zero-order chi connectivity index (χ0) is 17.3. The van der Waals surface area contributed by atoms with E-state index in [-0.39, 0.29) is 16.7 Å². The molecule has 1 heterocycles. The van der Waals surface area contributed by atoms with Crippen molar-refractivity contribution < 1.29 is 9.84 Å². The second-order valence-corrected chi connectivity index (χ2v) is 7.19. The van der Waals surface area contributed by atoms with Gasteiger partial charge in [-0.15, -0.1) is 0 Å². The first kappa shape index (κ1) is 17.4. The minimum atomic E-state index is 0.0461. The molecule has 1 saturated heterocycles. The van der Waals surface area contributed by atoms with E-state index in [0.717, 1.165) is 30.4 Å². The third-order valence-electron chi connectivity index (χ3n) is 5.16. The third-order valence-corrected chi connectivity index (χ3v) is 5.16. The van der Waals surface area contributed by atoms with Crippen LogP contribution in [0.25, 0.3) is 0 Å². The van der Waals surface area contributed by atoms with E-state index in [2.05, 4.69) is 44.8 Å². The van der Waals surface area contributed by atoms with Crippen LogP contribution in [0.5, 0.6) is 11.5 Å². The molecule has 1 aliphatic heterocycles. The number of phenolic OH excluding ortho intramolecular Hbond substituents is 1. The fourth-order valence-corrected chi connectivity index (χ4v) is 2.77. The smallest absolute Gasteiger partial charge is 0.194 e. The van der Waals surface area contributed by atoms with Crippen molar-refractivity contribution >= 4 is 5.96 Å². The Morgan fingerprint density at radius 1 is 1.35 bits per heavy atom. The van der Waals surface area contributed by atoms with Crippen molar-refractivity contribution in [1.82, 2.24) is 10.2 Å². The van der Waals surface area contributed by atoms with Gasteiger partial charge in [0.2, 0.25) is 0 Å². The first-order chi connectivity index (χ1) is 10.7. The number of ether oxygens (including phenoxy) is 1. The number of guanidine groups is 1. The number of nitrogens with one attached hydrogen (secondary N) is 1. The van der Waals surface area contributed by atoms with E-state index in [1.54, 1.807) is 19.2 Å². The molecule has 0 aliphatic carbocycles. The molecular weight excluding hydrogens is 290 g/mol. The lowest BCUT2D eigenvalue weighted by Crippen LogP contribution is -2.72. The summed E-state index contributed by atoms with van der Waals surface area (Å²) in [6.07, 6.45) is 0. The molecule has 0 saturated carbocycles. The van der Waals surface area contributed by atoms with Gasteiger partial charge in [-0.1, -0.05) is 13.8 Å². The van der Waals surface area contributed by atoms with Crippen LogP contribution in [0.1, 0.15) is 40.2 Å². The highest BCUT2D eigenvalue weighted by atomic mass is 16.5. The summed E-state index contributed by atoms with van der Waals surface area (Å²) in [6.45, 7) is 13.3. The van der Waals surface area contributed by atoms with Gasteiger partial charge in [-0.05, 0) is 39.0 Å². The van der Waals surface area contributed by atoms with Crippen molar-refractivity contribution in [3.63, 3.8) is 0 Å². The van der Waals surface area contributed by atoms with E-state index in [1.165, 1.54) is 0 Å². The molecule has 0 aromatic heterocycles. The molecule has 23 heavy (non-hydrogen) atoms.